The zero-order valence-corrected chi connectivity index (χ0v) is 18.4. The van der Waals surface area contributed by atoms with Crippen molar-refractivity contribution in [2.24, 2.45) is 0 Å². The molecule has 0 radical (unpaired) electrons. The molecular formula is C24H26N2O4S. The number of amides is 1. The van der Waals surface area contributed by atoms with E-state index in [1.807, 2.05) is 60.7 Å². The molecule has 0 fully saturated rings. The number of sulfone groups is 1. The van der Waals surface area contributed by atoms with E-state index in [1.54, 1.807) is 17.0 Å². The topological polar surface area (TPSA) is 75.7 Å². The van der Waals surface area contributed by atoms with Crippen molar-refractivity contribution >= 4 is 21.4 Å². The Kier molecular flexibility index (Phi) is 7.31. The smallest absolute Gasteiger partial charge is 0.242 e. The average molecular weight is 439 g/mol. The van der Waals surface area contributed by atoms with Crippen LogP contribution >= 0.6 is 0 Å². The van der Waals surface area contributed by atoms with Crippen LogP contribution in [0.2, 0.25) is 0 Å². The summed E-state index contributed by atoms with van der Waals surface area (Å²) in [5.74, 6) is 0.301. The second-order valence-corrected chi connectivity index (χ2v) is 9.19. The van der Waals surface area contributed by atoms with E-state index in [2.05, 4.69) is 5.32 Å². The fourth-order valence-corrected chi connectivity index (χ4v) is 4.07. The SMILES string of the molecule is COc1ccc(NCC(=O)N(Cc2ccccc2)Cc2ccccc2)c(S(C)(=O)=O)c1. The Morgan fingerprint density at radius 2 is 1.45 bits per heavy atom. The van der Waals surface area contributed by atoms with Crippen molar-refractivity contribution < 1.29 is 17.9 Å². The fourth-order valence-electron chi connectivity index (χ4n) is 3.20. The largest absolute Gasteiger partial charge is 0.497 e. The van der Waals surface area contributed by atoms with Crippen molar-refractivity contribution in [2.45, 2.75) is 18.0 Å². The van der Waals surface area contributed by atoms with E-state index < -0.39 is 9.84 Å². The zero-order chi connectivity index (χ0) is 22.3. The van der Waals surface area contributed by atoms with Gasteiger partial charge in [0.05, 0.1) is 24.2 Å². The Labute approximate surface area is 183 Å². The first-order valence-electron chi connectivity index (χ1n) is 9.84. The molecule has 3 aromatic rings. The molecule has 0 saturated heterocycles. The van der Waals surface area contributed by atoms with E-state index in [0.717, 1.165) is 17.4 Å². The second kappa shape index (κ2) is 10.1. The molecule has 0 aromatic heterocycles. The van der Waals surface area contributed by atoms with E-state index in [9.17, 15) is 13.2 Å². The van der Waals surface area contributed by atoms with Gasteiger partial charge in [0.1, 0.15) is 5.75 Å². The van der Waals surface area contributed by atoms with Gasteiger partial charge in [-0.2, -0.15) is 0 Å². The van der Waals surface area contributed by atoms with Gasteiger partial charge in [-0.3, -0.25) is 4.79 Å². The summed E-state index contributed by atoms with van der Waals surface area (Å²) in [7, 11) is -2.02. The van der Waals surface area contributed by atoms with Gasteiger partial charge in [-0.15, -0.1) is 0 Å². The number of nitrogens with one attached hydrogen (secondary N) is 1. The van der Waals surface area contributed by atoms with Crippen LogP contribution in [0, 0.1) is 0 Å². The molecule has 0 spiro atoms. The minimum absolute atomic E-state index is 0.0332. The summed E-state index contributed by atoms with van der Waals surface area (Å²) < 4.78 is 29.5. The van der Waals surface area contributed by atoms with Crippen LogP contribution in [0.3, 0.4) is 0 Å². The van der Waals surface area contributed by atoms with E-state index >= 15 is 0 Å². The first-order valence-corrected chi connectivity index (χ1v) is 11.7. The highest BCUT2D eigenvalue weighted by Crippen LogP contribution is 2.26. The molecule has 7 heteroatoms. The number of methoxy groups -OCH3 is 1. The third-order valence-electron chi connectivity index (χ3n) is 4.80. The van der Waals surface area contributed by atoms with Crippen LogP contribution < -0.4 is 10.1 Å². The van der Waals surface area contributed by atoms with Crippen molar-refractivity contribution in [1.82, 2.24) is 4.90 Å². The lowest BCUT2D eigenvalue weighted by atomic mass is 10.1. The summed E-state index contributed by atoms with van der Waals surface area (Å²) >= 11 is 0. The van der Waals surface area contributed by atoms with Gasteiger partial charge in [-0.25, -0.2) is 8.42 Å². The highest BCUT2D eigenvalue weighted by atomic mass is 32.2. The lowest BCUT2D eigenvalue weighted by Gasteiger charge is -2.24. The highest BCUT2D eigenvalue weighted by Gasteiger charge is 2.18. The summed E-state index contributed by atoms with van der Waals surface area (Å²) in [6.07, 6.45) is 1.13. The molecule has 0 bridgehead atoms. The van der Waals surface area contributed by atoms with Crippen molar-refractivity contribution in [3.63, 3.8) is 0 Å². The van der Waals surface area contributed by atoms with E-state index in [4.69, 9.17) is 4.74 Å². The summed E-state index contributed by atoms with van der Waals surface area (Å²) in [5.41, 5.74) is 2.41. The van der Waals surface area contributed by atoms with E-state index in [0.29, 0.717) is 24.5 Å². The number of carbonyl (C=O) groups is 1. The minimum atomic E-state index is -3.50. The predicted molar refractivity (Wildman–Crippen MR) is 122 cm³/mol. The highest BCUT2D eigenvalue weighted by molar-refractivity contribution is 7.90. The molecule has 3 rings (SSSR count). The average Bonchev–Trinajstić information content (AvgIpc) is 2.77. The standard InChI is InChI=1S/C24H26N2O4S/c1-30-21-13-14-22(23(15-21)31(2,28)29)25-16-24(27)26(17-19-9-5-3-6-10-19)18-20-11-7-4-8-12-20/h3-15,25H,16-18H2,1-2H3. The summed E-state index contributed by atoms with van der Waals surface area (Å²) in [5, 5.41) is 3.00. The van der Waals surface area contributed by atoms with Gasteiger partial charge in [-0.1, -0.05) is 60.7 Å². The molecule has 0 atom stereocenters. The lowest BCUT2D eigenvalue weighted by molar-refractivity contribution is -0.130. The number of nitrogens with zero attached hydrogens (tertiary/aromatic N) is 1. The number of anilines is 1. The van der Waals surface area contributed by atoms with Gasteiger partial charge in [0.2, 0.25) is 5.91 Å². The van der Waals surface area contributed by atoms with Gasteiger partial charge >= 0.3 is 0 Å². The van der Waals surface area contributed by atoms with Crippen molar-refractivity contribution in [3.05, 3.63) is 90.0 Å². The zero-order valence-electron chi connectivity index (χ0n) is 17.6. The monoisotopic (exact) mass is 438 g/mol. The molecule has 0 heterocycles. The molecule has 162 valence electrons. The van der Waals surface area contributed by atoms with Crippen LogP contribution in [0.15, 0.2) is 83.8 Å². The van der Waals surface area contributed by atoms with Crippen molar-refractivity contribution in [3.8, 4) is 5.75 Å². The molecular weight excluding hydrogens is 412 g/mol. The molecule has 0 unspecified atom stereocenters. The quantitative estimate of drug-likeness (QED) is 0.551. The van der Waals surface area contributed by atoms with Crippen molar-refractivity contribution in [1.29, 1.82) is 0 Å². The molecule has 0 aliphatic heterocycles. The van der Waals surface area contributed by atoms with Crippen LogP contribution in [0.5, 0.6) is 5.75 Å². The number of benzene rings is 3. The maximum atomic E-state index is 13.1. The molecule has 31 heavy (non-hydrogen) atoms. The van der Waals surface area contributed by atoms with Gasteiger partial charge in [0, 0.05) is 25.4 Å². The first kappa shape index (κ1) is 22.4. The molecule has 0 saturated carbocycles. The maximum Gasteiger partial charge on any atom is 0.242 e. The van der Waals surface area contributed by atoms with Gasteiger partial charge in [0.15, 0.2) is 9.84 Å². The third kappa shape index (κ3) is 6.33. The van der Waals surface area contributed by atoms with Crippen LogP contribution in [0.25, 0.3) is 0 Å². The van der Waals surface area contributed by atoms with E-state index in [1.165, 1.54) is 13.2 Å². The van der Waals surface area contributed by atoms with Crippen LogP contribution in [-0.2, 0) is 27.7 Å². The van der Waals surface area contributed by atoms with Crippen LogP contribution in [0.4, 0.5) is 5.69 Å². The normalized spacial score (nSPS) is 11.0. The number of ether oxygens (including phenoxy) is 1. The van der Waals surface area contributed by atoms with Crippen LogP contribution in [-0.4, -0.2) is 39.1 Å². The summed E-state index contributed by atoms with van der Waals surface area (Å²) in [6.45, 7) is 0.879. The third-order valence-corrected chi connectivity index (χ3v) is 5.94. The van der Waals surface area contributed by atoms with E-state index in [-0.39, 0.29) is 17.3 Å². The van der Waals surface area contributed by atoms with Gasteiger partial charge in [0.25, 0.3) is 0 Å². The lowest BCUT2D eigenvalue weighted by Crippen LogP contribution is -2.34. The number of rotatable bonds is 9. The second-order valence-electron chi connectivity index (χ2n) is 7.21. The predicted octanol–water partition coefficient (Wildman–Crippen LogP) is 3.74. The Morgan fingerprint density at radius 3 is 1.94 bits per heavy atom. The first-order chi connectivity index (χ1) is 14.9. The molecule has 0 aliphatic rings. The summed E-state index contributed by atoms with van der Waals surface area (Å²) in [4.78, 5) is 14.9. The Balaban J connectivity index is 1.79. The Morgan fingerprint density at radius 1 is 0.903 bits per heavy atom. The molecule has 3 aromatic carbocycles. The molecule has 0 aliphatic carbocycles. The minimum Gasteiger partial charge on any atom is -0.497 e. The maximum absolute atomic E-state index is 13.1. The van der Waals surface area contributed by atoms with Gasteiger partial charge in [-0.05, 0) is 23.3 Å². The van der Waals surface area contributed by atoms with Crippen molar-refractivity contribution in [2.75, 3.05) is 25.2 Å². The van der Waals surface area contributed by atoms with Gasteiger partial charge < -0.3 is 15.0 Å². The molecule has 1 N–H and O–H groups in total. The summed E-state index contributed by atoms with van der Waals surface area (Å²) in [6, 6.07) is 24.3. The number of hydrogen-bond acceptors (Lipinski definition) is 5. The fraction of sp³-hybridized carbons (Fsp3) is 0.208. The molecule has 6 nitrogen and oxygen atoms in total. The Bertz CT molecular complexity index is 1080. The number of hydrogen-bond donors (Lipinski definition) is 1. The molecule has 1 amide bonds. The van der Waals surface area contributed by atoms with Crippen LogP contribution in [0.1, 0.15) is 11.1 Å². The Hall–Kier alpha value is -3.32. The number of carbonyl (C=O) groups excluding carboxylic acids is 1.